The number of halogens is 1. The molecule has 2 aromatic carbocycles. The molecule has 0 spiro atoms. The summed E-state index contributed by atoms with van der Waals surface area (Å²) in [4.78, 5) is 22.0. The minimum atomic E-state index is -0.379. The van der Waals surface area contributed by atoms with Crippen molar-refractivity contribution in [1.82, 2.24) is 15.1 Å². The second-order valence-electron chi connectivity index (χ2n) is 6.18. The SMILES string of the molecule is CC(=O)N(c1ccc(O)cc1)c1onc(-c2ccc(F)cc2)c1-c1ccncn1. The van der Waals surface area contributed by atoms with E-state index in [0.29, 0.717) is 28.2 Å². The molecule has 7 nitrogen and oxygen atoms in total. The first-order valence-electron chi connectivity index (χ1n) is 8.66. The maximum absolute atomic E-state index is 13.4. The summed E-state index contributed by atoms with van der Waals surface area (Å²) in [5.41, 5.74) is 2.43. The Morgan fingerprint density at radius 2 is 1.79 bits per heavy atom. The zero-order valence-corrected chi connectivity index (χ0v) is 15.3. The van der Waals surface area contributed by atoms with Crippen LogP contribution in [0, 0.1) is 5.82 Å². The number of aromatic nitrogens is 3. The average Bonchev–Trinajstić information content (AvgIpc) is 3.15. The first-order chi connectivity index (χ1) is 14.0. The van der Waals surface area contributed by atoms with Gasteiger partial charge in [0.05, 0.1) is 16.9 Å². The normalized spacial score (nSPS) is 10.7. The maximum Gasteiger partial charge on any atom is 0.248 e. The molecule has 0 aliphatic rings. The Hall–Kier alpha value is -4.07. The molecule has 8 heteroatoms. The molecule has 0 saturated heterocycles. The Kier molecular flexibility index (Phi) is 4.74. The number of amides is 1. The molecule has 2 heterocycles. The van der Waals surface area contributed by atoms with Crippen molar-refractivity contribution in [3.8, 4) is 28.3 Å². The van der Waals surface area contributed by atoms with E-state index in [9.17, 15) is 14.3 Å². The van der Waals surface area contributed by atoms with Crippen molar-refractivity contribution in [2.24, 2.45) is 0 Å². The van der Waals surface area contributed by atoms with E-state index in [4.69, 9.17) is 4.52 Å². The standard InChI is InChI=1S/C21H15FN4O3/c1-13(27)26(16-6-8-17(28)9-7-16)21-19(18-10-11-23-12-24-18)20(25-29-21)14-2-4-15(22)5-3-14/h2-12,28H,1H3. The lowest BCUT2D eigenvalue weighted by Crippen LogP contribution is -2.22. The minimum absolute atomic E-state index is 0.0675. The zero-order valence-electron chi connectivity index (χ0n) is 15.3. The summed E-state index contributed by atoms with van der Waals surface area (Å²) in [5, 5.41) is 13.7. The molecule has 1 N–H and O–H groups in total. The number of benzene rings is 2. The summed E-state index contributed by atoms with van der Waals surface area (Å²) < 4.78 is 19.0. The van der Waals surface area contributed by atoms with Crippen LogP contribution in [0.15, 0.2) is 71.6 Å². The van der Waals surface area contributed by atoms with E-state index in [-0.39, 0.29) is 23.4 Å². The fraction of sp³-hybridized carbons (Fsp3) is 0.0476. The number of hydrogen-bond acceptors (Lipinski definition) is 6. The predicted octanol–water partition coefficient (Wildman–Crippen LogP) is 4.33. The van der Waals surface area contributed by atoms with Gasteiger partial charge in [-0.3, -0.25) is 4.79 Å². The van der Waals surface area contributed by atoms with E-state index in [1.807, 2.05) is 0 Å². The van der Waals surface area contributed by atoms with Crippen LogP contribution in [-0.2, 0) is 4.79 Å². The monoisotopic (exact) mass is 390 g/mol. The van der Waals surface area contributed by atoms with Gasteiger partial charge in [-0.2, -0.15) is 0 Å². The largest absolute Gasteiger partial charge is 0.508 e. The van der Waals surface area contributed by atoms with Gasteiger partial charge < -0.3 is 9.63 Å². The van der Waals surface area contributed by atoms with Gasteiger partial charge in [-0.25, -0.2) is 19.3 Å². The van der Waals surface area contributed by atoms with Gasteiger partial charge in [-0.15, -0.1) is 0 Å². The Labute approximate surface area is 165 Å². The predicted molar refractivity (Wildman–Crippen MR) is 104 cm³/mol. The Morgan fingerprint density at radius 3 is 2.41 bits per heavy atom. The third kappa shape index (κ3) is 3.55. The van der Waals surface area contributed by atoms with Gasteiger partial charge in [0.25, 0.3) is 0 Å². The molecule has 29 heavy (non-hydrogen) atoms. The van der Waals surface area contributed by atoms with Crippen molar-refractivity contribution in [3.63, 3.8) is 0 Å². The van der Waals surface area contributed by atoms with E-state index in [2.05, 4.69) is 15.1 Å². The first-order valence-corrected chi connectivity index (χ1v) is 8.66. The highest BCUT2D eigenvalue weighted by molar-refractivity contribution is 6.02. The number of carbonyl (C=O) groups excluding carboxylic acids is 1. The zero-order chi connectivity index (χ0) is 20.4. The summed E-state index contributed by atoms with van der Waals surface area (Å²) in [6.07, 6.45) is 2.94. The van der Waals surface area contributed by atoms with Crippen molar-refractivity contribution >= 4 is 17.5 Å². The van der Waals surface area contributed by atoms with Crippen LogP contribution in [0.1, 0.15) is 6.92 Å². The fourth-order valence-corrected chi connectivity index (χ4v) is 2.95. The van der Waals surface area contributed by atoms with Gasteiger partial charge >= 0.3 is 0 Å². The minimum Gasteiger partial charge on any atom is -0.508 e. The Morgan fingerprint density at radius 1 is 1.07 bits per heavy atom. The summed E-state index contributed by atoms with van der Waals surface area (Å²) >= 11 is 0. The van der Waals surface area contributed by atoms with Crippen LogP contribution < -0.4 is 4.90 Å². The van der Waals surface area contributed by atoms with E-state index in [0.717, 1.165) is 0 Å². The smallest absolute Gasteiger partial charge is 0.248 e. The van der Waals surface area contributed by atoms with Crippen molar-refractivity contribution < 1.29 is 18.8 Å². The van der Waals surface area contributed by atoms with Crippen LogP contribution in [0.4, 0.5) is 16.0 Å². The highest BCUT2D eigenvalue weighted by atomic mass is 19.1. The second kappa shape index (κ2) is 7.51. The first kappa shape index (κ1) is 18.3. The molecule has 144 valence electrons. The number of phenols is 1. The third-order valence-corrected chi connectivity index (χ3v) is 4.26. The van der Waals surface area contributed by atoms with Crippen LogP contribution in [-0.4, -0.2) is 26.1 Å². The number of aromatic hydroxyl groups is 1. The molecule has 4 aromatic rings. The van der Waals surface area contributed by atoms with Crippen molar-refractivity contribution in [2.45, 2.75) is 6.92 Å². The molecular weight excluding hydrogens is 375 g/mol. The van der Waals surface area contributed by atoms with E-state index in [1.165, 1.54) is 42.4 Å². The van der Waals surface area contributed by atoms with Gasteiger partial charge in [-0.05, 0) is 54.6 Å². The third-order valence-electron chi connectivity index (χ3n) is 4.26. The molecule has 0 radical (unpaired) electrons. The molecule has 0 aliphatic carbocycles. The van der Waals surface area contributed by atoms with Crippen molar-refractivity contribution in [1.29, 1.82) is 0 Å². The highest BCUT2D eigenvalue weighted by Gasteiger charge is 2.28. The van der Waals surface area contributed by atoms with Gasteiger partial charge in [0.15, 0.2) is 0 Å². The van der Waals surface area contributed by atoms with Crippen LogP contribution >= 0.6 is 0 Å². The molecule has 0 saturated carbocycles. The van der Waals surface area contributed by atoms with Crippen molar-refractivity contribution in [2.75, 3.05) is 4.90 Å². The Bertz CT molecular complexity index is 1140. The van der Waals surface area contributed by atoms with Crippen LogP contribution in [0.5, 0.6) is 5.75 Å². The summed E-state index contributed by atoms with van der Waals surface area (Å²) in [6, 6.07) is 13.5. The van der Waals surface area contributed by atoms with Gasteiger partial charge in [-0.1, -0.05) is 5.16 Å². The summed E-state index contributed by atoms with van der Waals surface area (Å²) in [5.74, 6) is -0.484. The lowest BCUT2D eigenvalue weighted by molar-refractivity contribution is -0.116. The maximum atomic E-state index is 13.4. The molecule has 0 fully saturated rings. The second-order valence-corrected chi connectivity index (χ2v) is 6.18. The molecule has 1 amide bonds. The van der Waals surface area contributed by atoms with Crippen LogP contribution in [0.2, 0.25) is 0 Å². The number of rotatable bonds is 4. The topological polar surface area (TPSA) is 92.4 Å². The quantitative estimate of drug-likeness (QED) is 0.558. The van der Waals surface area contributed by atoms with Gasteiger partial charge in [0.2, 0.25) is 11.8 Å². The molecule has 2 aromatic heterocycles. The molecule has 4 rings (SSSR count). The highest BCUT2D eigenvalue weighted by Crippen LogP contribution is 2.41. The molecule has 0 aliphatic heterocycles. The van der Waals surface area contributed by atoms with E-state index >= 15 is 0 Å². The molecule has 0 bridgehead atoms. The number of hydrogen-bond donors (Lipinski definition) is 1. The van der Waals surface area contributed by atoms with E-state index in [1.54, 1.807) is 36.5 Å². The van der Waals surface area contributed by atoms with Crippen molar-refractivity contribution in [3.05, 3.63) is 72.9 Å². The number of phenolic OH excluding ortho intramolecular Hbond substituents is 1. The van der Waals surface area contributed by atoms with Crippen LogP contribution in [0.3, 0.4) is 0 Å². The molecular formula is C21H15FN4O3. The number of nitrogens with zero attached hydrogens (tertiary/aromatic N) is 4. The van der Waals surface area contributed by atoms with Gasteiger partial charge in [0, 0.05) is 18.7 Å². The van der Waals surface area contributed by atoms with E-state index < -0.39 is 0 Å². The lowest BCUT2D eigenvalue weighted by Gasteiger charge is -2.19. The number of anilines is 2. The average molecular weight is 390 g/mol. The molecule has 0 unspecified atom stereocenters. The summed E-state index contributed by atoms with van der Waals surface area (Å²) in [6.45, 7) is 1.39. The number of carbonyl (C=O) groups is 1. The lowest BCUT2D eigenvalue weighted by atomic mass is 10.0. The fourth-order valence-electron chi connectivity index (χ4n) is 2.95. The Balaban J connectivity index is 1.94. The van der Waals surface area contributed by atoms with Crippen LogP contribution in [0.25, 0.3) is 22.5 Å². The molecule has 0 atom stereocenters. The summed E-state index contributed by atoms with van der Waals surface area (Å²) in [7, 11) is 0. The van der Waals surface area contributed by atoms with Gasteiger partial charge in [0.1, 0.15) is 23.6 Å².